The molecule has 44 heavy (non-hydrogen) atoms. The van der Waals surface area contributed by atoms with E-state index >= 15 is 8.78 Å². The minimum Gasteiger partial charge on any atom is -0.383 e. The van der Waals surface area contributed by atoms with Gasteiger partial charge in [0.1, 0.15) is 0 Å². The molecule has 232 valence electrons. The van der Waals surface area contributed by atoms with E-state index in [1.54, 1.807) is 42.8 Å². The van der Waals surface area contributed by atoms with Crippen LogP contribution in [0.2, 0.25) is 5.02 Å². The summed E-state index contributed by atoms with van der Waals surface area (Å²) >= 11 is 6.45. The Kier molecular flexibility index (Phi) is 9.42. The largest absolute Gasteiger partial charge is 0.383 e. The Balaban J connectivity index is 1.32. The molecule has 1 saturated heterocycles. The lowest BCUT2D eigenvalue weighted by Crippen LogP contribution is -2.44. The molecule has 2 N–H and O–H groups in total. The van der Waals surface area contributed by atoms with Crippen molar-refractivity contribution in [1.29, 1.82) is 0 Å². The third-order valence-corrected chi connectivity index (χ3v) is 8.40. The molecule has 2 aromatic heterocycles. The smallest absolute Gasteiger partial charge is 0.291 e. The van der Waals surface area contributed by atoms with Gasteiger partial charge >= 0.3 is 0 Å². The molecule has 3 heterocycles. The molecule has 0 atom stereocenters. The predicted octanol–water partition coefficient (Wildman–Crippen LogP) is 4.91. The summed E-state index contributed by atoms with van der Waals surface area (Å²) in [5.74, 6) is -2.90. The predicted molar refractivity (Wildman–Crippen MR) is 164 cm³/mol. The highest BCUT2D eigenvalue weighted by molar-refractivity contribution is 6.34. The van der Waals surface area contributed by atoms with Gasteiger partial charge in [0.25, 0.3) is 11.8 Å². The first-order valence-electron chi connectivity index (χ1n) is 14.2. The quantitative estimate of drug-likeness (QED) is 0.274. The Labute approximate surface area is 259 Å². The number of nitrogens with one attached hydrogen (secondary N) is 2. The van der Waals surface area contributed by atoms with E-state index in [0.29, 0.717) is 35.7 Å². The van der Waals surface area contributed by atoms with Crippen molar-refractivity contribution in [3.8, 4) is 22.4 Å². The Morgan fingerprint density at radius 1 is 1.11 bits per heavy atom. The lowest BCUT2D eigenvalue weighted by molar-refractivity contribution is 0.0703. The zero-order valence-electron chi connectivity index (χ0n) is 25.0. The number of carbonyl (C=O) groups excluding carboxylic acids is 2. The van der Waals surface area contributed by atoms with Crippen molar-refractivity contribution < 1.29 is 23.1 Å². The normalized spacial score (nSPS) is 13.7. The maximum atomic E-state index is 15.4. The van der Waals surface area contributed by atoms with Gasteiger partial charge in [0, 0.05) is 55.3 Å². The number of piperidine rings is 1. The molecule has 1 aliphatic heterocycles. The number of halogens is 3. The number of rotatable bonds is 9. The number of aromatic nitrogens is 4. The third-order valence-electron chi connectivity index (χ3n) is 8.08. The summed E-state index contributed by atoms with van der Waals surface area (Å²) in [4.78, 5) is 32.1. The molecule has 13 heteroatoms. The maximum Gasteiger partial charge on any atom is 0.291 e. The van der Waals surface area contributed by atoms with Crippen LogP contribution in [0.4, 0.5) is 14.5 Å². The van der Waals surface area contributed by atoms with E-state index in [1.165, 1.54) is 42.2 Å². The van der Waals surface area contributed by atoms with Gasteiger partial charge in [-0.05, 0) is 57.1 Å². The third kappa shape index (κ3) is 6.10. The van der Waals surface area contributed by atoms with Crippen LogP contribution in [0.25, 0.3) is 22.4 Å². The number of hydrogen-bond donors (Lipinski definition) is 2. The fourth-order valence-electron chi connectivity index (χ4n) is 5.44. The number of nitrogens with zero attached hydrogens (tertiary/aromatic N) is 5. The Morgan fingerprint density at radius 3 is 2.52 bits per heavy atom. The molecule has 2 amide bonds. The highest BCUT2D eigenvalue weighted by Gasteiger charge is 2.26. The van der Waals surface area contributed by atoms with E-state index in [2.05, 4.69) is 20.7 Å². The van der Waals surface area contributed by atoms with E-state index in [0.717, 1.165) is 25.9 Å². The zero-order valence-corrected chi connectivity index (χ0v) is 25.7. The van der Waals surface area contributed by atoms with Crippen LogP contribution >= 0.6 is 11.6 Å². The van der Waals surface area contributed by atoms with Gasteiger partial charge in [-0.2, -0.15) is 5.10 Å². The Morgan fingerprint density at radius 2 is 1.82 bits per heavy atom. The van der Waals surface area contributed by atoms with Crippen LogP contribution in [0.5, 0.6) is 0 Å². The second kappa shape index (κ2) is 13.2. The van der Waals surface area contributed by atoms with E-state index in [9.17, 15) is 9.59 Å². The molecule has 1 aliphatic rings. The second-order valence-electron chi connectivity index (χ2n) is 10.7. The Bertz CT molecular complexity index is 1700. The van der Waals surface area contributed by atoms with Crippen molar-refractivity contribution in [1.82, 2.24) is 29.5 Å². The summed E-state index contributed by atoms with van der Waals surface area (Å²) in [7, 11) is 4.88. The van der Waals surface area contributed by atoms with Gasteiger partial charge in [0.15, 0.2) is 17.5 Å². The average Bonchev–Trinajstić information content (AvgIpc) is 3.58. The van der Waals surface area contributed by atoms with Crippen LogP contribution in [0.3, 0.4) is 0 Å². The van der Waals surface area contributed by atoms with E-state index in [4.69, 9.17) is 16.3 Å². The van der Waals surface area contributed by atoms with Gasteiger partial charge in [-0.1, -0.05) is 17.7 Å². The molecular formula is C31H34ClF2N7O3. The zero-order chi connectivity index (χ0) is 31.5. The molecule has 0 saturated carbocycles. The minimum absolute atomic E-state index is 0.0268. The number of benzene rings is 2. The lowest BCUT2D eigenvalue weighted by atomic mass is 10.0. The summed E-state index contributed by atoms with van der Waals surface area (Å²) < 4.78 is 38.9. The molecule has 10 nitrogen and oxygen atoms in total. The monoisotopic (exact) mass is 625 g/mol. The van der Waals surface area contributed by atoms with Crippen LogP contribution in [0, 0.1) is 18.6 Å². The first-order valence-corrected chi connectivity index (χ1v) is 14.6. The number of carbonyl (C=O) groups is 2. The van der Waals surface area contributed by atoms with Gasteiger partial charge in [0.05, 0.1) is 41.8 Å². The lowest BCUT2D eigenvalue weighted by Gasteiger charge is -2.32. The number of imidazole rings is 1. The maximum absolute atomic E-state index is 15.4. The fraction of sp³-hybridized carbons (Fsp3) is 0.355. The number of ether oxygens (including phenoxy) is 1. The number of anilines is 1. The van der Waals surface area contributed by atoms with E-state index in [1.807, 2.05) is 0 Å². The molecule has 0 bridgehead atoms. The van der Waals surface area contributed by atoms with Crippen molar-refractivity contribution in [3.63, 3.8) is 0 Å². The van der Waals surface area contributed by atoms with Crippen LogP contribution in [-0.2, 0) is 18.3 Å². The van der Waals surface area contributed by atoms with Crippen LogP contribution in [0.15, 0.2) is 42.7 Å². The minimum atomic E-state index is -1.07. The molecule has 0 radical (unpaired) electrons. The van der Waals surface area contributed by atoms with Crippen LogP contribution in [0.1, 0.15) is 39.5 Å². The molecule has 0 unspecified atom stereocenters. The number of hydrogen-bond acceptors (Lipinski definition) is 6. The first-order chi connectivity index (χ1) is 21.1. The summed E-state index contributed by atoms with van der Waals surface area (Å²) in [6.45, 7) is 4.40. The van der Waals surface area contributed by atoms with Gasteiger partial charge < -0.3 is 24.8 Å². The second-order valence-corrected chi connectivity index (χ2v) is 11.1. The fourth-order valence-corrected chi connectivity index (χ4v) is 5.70. The molecule has 0 aliphatic carbocycles. The molecule has 0 spiro atoms. The highest BCUT2D eigenvalue weighted by atomic mass is 35.5. The van der Waals surface area contributed by atoms with Crippen molar-refractivity contribution >= 4 is 29.1 Å². The van der Waals surface area contributed by atoms with E-state index in [-0.39, 0.29) is 39.6 Å². The topological polar surface area (TPSA) is 106 Å². The molecule has 2 aromatic carbocycles. The summed E-state index contributed by atoms with van der Waals surface area (Å²) in [5, 5.41) is 10.5. The van der Waals surface area contributed by atoms with Gasteiger partial charge in [-0.25, -0.2) is 13.8 Å². The summed E-state index contributed by atoms with van der Waals surface area (Å²) in [6, 6.07) is 7.72. The Hall–Kier alpha value is -4.13. The molecule has 1 fully saturated rings. The van der Waals surface area contributed by atoms with Crippen molar-refractivity contribution in [2.75, 3.05) is 39.2 Å². The molecule has 4 aromatic rings. The van der Waals surface area contributed by atoms with Crippen molar-refractivity contribution in [2.24, 2.45) is 7.05 Å². The first kappa shape index (κ1) is 31.3. The van der Waals surface area contributed by atoms with Crippen LogP contribution in [-0.4, -0.2) is 75.9 Å². The average molecular weight is 626 g/mol. The SMILES string of the molecule is COCCn1ncc(-c2ccc(-c3cnc(C(=O)Nc4ccc(C(=O)N(C)C5CCNCC5)c(Cl)c4)n3C)c(F)c2F)c1C. The van der Waals surface area contributed by atoms with Crippen molar-refractivity contribution in [2.45, 2.75) is 32.4 Å². The highest BCUT2D eigenvalue weighted by Crippen LogP contribution is 2.33. The van der Waals surface area contributed by atoms with E-state index < -0.39 is 17.5 Å². The standard InChI is InChI=1S/C31H34ClF2N7O3/c1-18-24(16-37-41(18)13-14-44-4)21-7-8-23(28(34)27(21)33)26-17-36-29(40(26)3)30(42)38-19-5-6-22(25(32)15-19)31(43)39(2)20-9-11-35-12-10-20/h5-8,15-17,20,35H,9-14H2,1-4H3,(H,38,42). The molecule has 5 rings (SSSR count). The van der Waals surface area contributed by atoms with Crippen LogP contribution < -0.4 is 10.6 Å². The summed E-state index contributed by atoms with van der Waals surface area (Å²) in [6.07, 6.45) is 4.53. The number of methoxy groups -OCH3 is 1. The molecular weight excluding hydrogens is 592 g/mol. The van der Waals surface area contributed by atoms with Crippen molar-refractivity contribution in [3.05, 3.63) is 76.5 Å². The van der Waals surface area contributed by atoms with Gasteiger partial charge in [0.2, 0.25) is 0 Å². The summed E-state index contributed by atoms with van der Waals surface area (Å²) in [5.41, 5.74) is 2.08. The van der Waals surface area contributed by atoms with Gasteiger partial charge in [-0.3, -0.25) is 14.3 Å². The van der Waals surface area contributed by atoms with Gasteiger partial charge in [-0.15, -0.1) is 0 Å². The number of amides is 2.